The van der Waals surface area contributed by atoms with Crippen molar-refractivity contribution in [3.8, 4) is 0 Å². The molecule has 1 aliphatic heterocycles. The van der Waals surface area contributed by atoms with Gasteiger partial charge < -0.3 is 15.3 Å². The van der Waals surface area contributed by atoms with Crippen LogP contribution in [0.1, 0.15) is 32.1 Å². The quantitative estimate of drug-likeness (QED) is 0.567. The molecule has 7 nitrogen and oxygen atoms in total. The van der Waals surface area contributed by atoms with Crippen LogP contribution in [-0.2, 0) is 19.3 Å². The summed E-state index contributed by atoms with van der Waals surface area (Å²) in [4.78, 5) is 25.0. The van der Waals surface area contributed by atoms with Gasteiger partial charge >= 0.3 is 6.18 Å². The van der Waals surface area contributed by atoms with Crippen molar-refractivity contribution >= 4 is 22.4 Å². The molecule has 1 aromatic carbocycles. The summed E-state index contributed by atoms with van der Waals surface area (Å²) in [7, 11) is 0. The van der Waals surface area contributed by atoms with E-state index < -0.39 is 18.1 Å². The minimum absolute atomic E-state index is 0.254. The van der Waals surface area contributed by atoms with E-state index in [2.05, 4.69) is 15.3 Å². The average Bonchev–Trinajstić information content (AvgIpc) is 3.35. The normalized spacial score (nSPS) is 16.9. The van der Waals surface area contributed by atoms with E-state index in [9.17, 15) is 23.1 Å². The molecule has 0 radical (unpaired) electrons. The molecule has 3 heterocycles. The SMILES string of the molecule is Cc1nc(N2CCN(Cc3ccc(C(F)(F)F)cc3)C2O)sc1C(=O)NCc1cccnc1. The second kappa shape index (κ2) is 9.46. The summed E-state index contributed by atoms with van der Waals surface area (Å²) in [6, 6.07) is 8.56. The maximum absolute atomic E-state index is 12.8. The first-order chi connectivity index (χ1) is 15.7. The van der Waals surface area contributed by atoms with E-state index in [0.29, 0.717) is 47.4 Å². The summed E-state index contributed by atoms with van der Waals surface area (Å²) in [5.41, 5.74) is 1.39. The molecule has 0 saturated carbocycles. The molecule has 0 bridgehead atoms. The molecule has 1 atom stereocenters. The number of hydrogen-bond acceptors (Lipinski definition) is 7. The highest BCUT2D eigenvalue weighted by Crippen LogP contribution is 2.32. The Balaban J connectivity index is 1.39. The highest BCUT2D eigenvalue weighted by Gasteiger charge is 2.34. The molecular weight excluding hydrogens is 455 g/mol. The Labute approximate surface area is 192 Å². The van der Waals surface area contributed by atoms with Crippen LogP contribution in [0.4, 0.5) is 18.3 Å². The number of aliphatic hydroxyl groups is 1. The Bertz CT molecular complexity index is 1110. The van der Waals surface area contributed by atoms with Crippen LogP contribution >= 0.6 is 11.3 Å². The molecule has 1 fully saturated rings. The Morgan fingerprint density at radius 1 is 1.21 bits per heavy atom. The van der Waals surface area contributed by atoms with Crippen molar-refractivity contribution in [3.63, 3.8) is 0 Å². The lowest BCUT2D eigenvalue weighted by Crippen LogP contribution is -2.38. The van der Waals surface area contributed by atoms with Crippen LogP contribution in [0.5, 0.6) is 0 Å². The third kappa shape index (κ3) is 5.32. The number of carbonyl (C=O) groups is 1. The molecule has 2 N–H and O–H groups in total. The number of rotatable bonds is 6. The minimum Gasteiger partial charge on any atom is -0.361 e. The van der Waals surface area contributed by atoms with Crippen LogP contribution in [0.3, 0.4) is 0 Å². The summed E-state index contributed by atoms with van der Waals surface area (Å²) >= 11 is 1.19. The van der Waals surface area contributed by atoms with Gasteiger partial charge in [0, 0.05) is 38.6 Å². The first-order valence-electron chi connectivity index (χ1n) is 10.2. The highest BCUT2D eigenvalue weighted by atomic mass is 32.1. The van der Waals surface area contributed by atoms with E-state index in [-0.39, 0.29) is 5.91 Å². The second-order valence-corrected chi connectivity index (χ2v) is 8.64. The third-order valence-corrected chi connectivity index (χ3v) is 6.51. The number of aliphatic hydroxyl groups excluding tert-OH is 1. The van der Waals surface area contributed by atoms with Crippen LogP contribution in [0.15, 0.2) is 48.8 Å². The van der Waals surface area contributed by atoms with Crippen LogP contribution in [0.25, 0.3) is 0 Å². The number of pyridine rings is 1. The summed E-state index contributed by atoms with van der Waals surface area (Å²) in [6.07, 6.45) is -2.04. The van der Waals surface area contributed by atoms with Crippen LogP contribution in [0, 0.1) is 6.92 Å². The fourth-order valence-corrected chi connectivity index (χ4v) is 4.56. The summed E-state index contributed by atoms with van der Waals surface area (Å²) in [6.45, 7) is 3.35. The number of amides is 1. The van der Waals surface area contributed by atoms with Crippen molar-refractivity contribution in [2.24, 2.45) is 0 Å². The predicted molar refractivity (Wildman–Crippen MR) is 117 cm³/mol. The molecule has 2 aromatic heterocycles. The number of alkyl halides is 3. The number of aromatic nitrogens is 2. The zero-order valence-corrected chi connectivity index (χ0v) is 18.5. The molecule has 11 heteroatoms. The lowest BCUT2D eigenvalue weighted by molar-refractivity contribution is -0.137. The van der Waals surface area contributed by atoms with Crippen molar-refractivity contribution in [2.75, 3.05) is 18.0 Å². The maximum atomic E-state index is 12.8. The van der Waals surface area contributed by atoms with Gasteiger partial charge in [-0.15, -0.1) is 0 Å². The van der Waals surface area contributed by atoms with E-state index in [0.717, 1.165) is 17.7 Å². The Hall–Kier alpha value is -3.02. The number of thiazole rings is 1. The van der Waals surface area contributed by atoms with Gasteiger partial charge in [-0.05, 0) is 36.2 Å². The fourth-order valence-electron chi connectivity index (χ4n) is 3.53. The Kier molecular flexibility index (Phi) is 6.63. The van der Waals surface area contributed by atoms with Crippen LogP contribution in [-0.4, -0.2) is 45.3 Å². The number of carbonyl (C=O) groups excluding carboxylic acids is 1. The molecule has 4 rings (SSSR count). The number of nitrogens with one attached hydrogen (secondary N) is 1. The van der Waals surface area contributed by atoms with Crippen LogP contribution in [0.2, 0.25) is 0 Å². The first kappa shape index (κ1) is 23.1. The van der Waals surface area contributed by atoms with E-state index in [1.807, 2.05) is 6.07 Å². The van der Waals surface area contributed by atoms with Crippen molar-refractivity contribution in [3.05, 3.63) is 76.1 Å². The van der Waals surface area contributed by atoms with Crippen LogP contribution < -0.4 is 10.2 Å². The average molecular weight is 478 g/mol. The van der Waals surface area contributed by atoms with E-state index in [1.54, 1.807) is 35.2 Å². The molecule has 0 aliphatic carbocycles. The molecule has 174 valence electrons. The van der Waals surface area contributed by atoms with Gasteiger partial charge in [-0.2, -0.15) is 13.2 Å². The summed E-state index contributed by atoms with van der Waals surface area (Å²) < 4.78 is 38.3. The largest absolute Gasteiger partial charge is 0.416 e. The van der Waals surface area contributed by atoms with Gasteiger partial charge in [0.05, 0.1) is 11.3 Å². The molecule has 1 amide bonds. The van der Waals surface area contributed by atoms with Crippen molar-refractivity contribution in [1.29, 1.82) is 0 Å². The Morgan fingerprint density at radius 3 is 2.64 bits per heavy atom. The summed E-state index contributed by atoms with van der Waals surface area (Å²) in [5, 5.41) is 14.1. The van der Waals surface area contributed by atoms with Gasteiger partial charge in [0.1, 0.15) is 4.88 Å². The fraction of sp³-hybridized carbons (Fsp3) is 0.318. The Morgan fingerprint density at radius 2 is 1.97 bits per heavy atom. The van der Waals surface area contributed by atoms with E-state index in [4.69, 9.17) is 0 Å². The molecule has 33 heavy (non-hydrogen) atoms. The molecular formula is C22H22F3N5O2S. The van der Waals surface area contributed by atoms with Gasteiger partial charge in [-0.3, -0.25) is 14.7 Å². The third-order valence-electron chi connectivity index (χ3n) is 5.31. The topological polar surface area (TPSA) is 81.6 Å². The highest BCUT2D eigenvalue weighted by molar-refractivity contribution is 7.17. The lowest BCUT2D eigenvalue weighted by Gasteiger charge is -2.25. The minimum atomic E-state index is -4.38. The maximum Gasteiger partial charge on any atom is 0.416 e. The number of anilines is 1. The van der Waals surface area contributed by atoms with Gasteiger partial charge in [0.15, 0.2) is 11.5 Å². The van der Waals surface area contributed by atoms with Gasteiger partial charge in [0.25, 0.3) is 5.91 Å². The molecule has 1 saturated heterocycles. The van der Waals surface area contributed by atoms with E-state index in [1.165, 1.54) is 23.5 Å². The number of nitrogens with zero attached hydrogens (tertiary/aromatic N) is 4. The molecule has 1 unspecified atom stereocenters. The summed E-state index contributed by atoms with van der Waals surface area (Å²) in [5.74, 6) is -0.254. The van der Waals surface area contributed by atoms with Crippen molar-refractivity contribution in [2.45, 2.75) is 32.5 Å². The second-order valence-electron chi connectivity index (χ2n) is 7.66. The van der Waals surface area contributed by atoms with Gasteiger partial charge in [-0.1, -0.05) is 29.5 Å². The first-order valence-corrected chi connectivity index (χ1v) is 11.0. The van der Waals surface area contributed by atoms with Gasteiger partial charge in [0.2, 0.25) is 0 Å². The number of hydrogen-bond donors (Lipinski definition) is 2. The predicted octanol–water partition coefficient (Wildman–Crippen LogP) is 3.39. The number of benzene rings is 1. The van der Waals surface area contributed by atoms with Crippen molar-refractivity contribution in [1.82, 2.24) is 20.2 Å². The zero-order chi connectivity index (χ0) is 23.6. The lowest BCUT2D eigenvalue weighted by atomic mass is 10.1. The standard InChI is InChI=1S/C22H22F3N5O2S/c1-14-18(19(31)27-12-16-3-2-8-26-11-16)33-20(28-14)30-10-9-29(21(30)32)13-15-4-6-17(7-5-15)22(23,24)25/h2-8,11,21,32H,9-10,12-13H2,1H3,(H,27,31). The monoisotopic (exact) mass is 477 g/mol. The van der Waals surface area contributed by atoms with Crippen molar-refractivity contribution < 1.29 is 23.1 Å². The smallest absolute Gasteiger partial charge is 0.361 e. The number of aryl methyl sites for hydroxylation is 1. The molecule has 0 spiro atoms. The van der Waals surface area contributed by atoms with Gasteiger partial charge in [-0.25, -0.2) is 4.98 Å². The number of halogens is 3. The zero-order valence-electron chi connectivity index (χ0n) is 17.7. The molecule has 1 aliphatic rings. The van der Waals surface area contributed by atoms with E-state index >= 15 is 0 Å². The molecule has 3 aromatic rings.